The lowest BCUT2D eigenvalue weighted by Crippen LogP contribution is -2.33. The molecular weight excluding hydrogens is 477 g/mol. The van der Waals surface area contributed by atoms with Crippen LogP contribution in [0, 0.1) is 13.8 Å². The summed E-state index contributed by atoms with van der Waals surface area (Å²) >= 11 is 0. The number of hydrogen-bond donors (Lipinski definition) is 2. The number of hydrogen-bond acceptors (Lipinski definition) is 6. The van der Waals surface area contributed by atoms with E-state index in [1.54, 1.807) is 50.2 Å². The van der Waals surface area contributed by atoms with Crippen molar-refractivity contribution in [3.05, 3.63) is 58.7 Å². The number of amides is 1. The molecule has 2 N–H and O–H groups in total. The highest BCUT2D eigenvalue weighted by molar-refractivity contribution is 5.94. The zero-order chi connectivity index (χ0) is 26.5. The Bertz CT molecular complexity index is 1100. The molecule has 0 radical (unpaired) electrons. The second-order valence-corrected chi connectivity index (χ2v) is 8.67. The second kappa shape index (κ2) is 11.4. The molecule has 1 aliphatic rings. The first-order chi connectivity index (χ1) is 17.0. The van der Waals surface area contributed by atoms with E-state index in [-0.39, 0.29) is 31.5 Å². The quantitative estimate of drug-likeness (QED) is 0.440. The van der Waals surface area contributed by atoms with Crippen LogP contribution in [0.25, 0.3) is 0 Å². The van der Waals surface area contributed by atoms with Crippen molar-refractivity contribution in [3.63, 3.8) is 0 Å². The number of aryl methyl sites for hydroxylation is 2. The van der Waals surface area contributed by atoms with Gasteiger partial charge in [0.1, 0.15) is 11.9 Å². The molecule has 11 heteroatoms. The number of carboxylic acids is 1. The Morgan fingerprint density at radius 3 is 2.36 bits per heavy atom. The molecule has 2 aromatic rings. The highest BCUT2D eigenvalue weighted by Gasteiger charge is 2.44. The fraction of sp³-hybridized carbons (Fsp3) is 0.440. The number of carboxylic acid groups (broad SMARTS) is 1. The summed E-state index contributed by atoms with van der Waals surface area (Å²) in [5.74, 6) is -0.769. The number of alkyl halides is 3. The summed E-state index contributed by atoms with van der Waals surface area (Å²) in [6.45, 7) is 5.29. The zero-order valence-corrected chi connectivity index (χ0v) is 20.3. The molecule has 0 aliphatic carbocycles. The number of carbonyl (C=O) groups is 2. The van der Waals surface area contributed by atoms with Gasteiger partial charge in [-0.05, 0) is 61.2 Å². The van der Waals surface area contributed by atoms with Crippen LogP contribution in [0.15, 0.2) is 46.7 Å². The molecule has 2 aromatic carbocycles. The molecular formula is C25H29F3N4O4. The van der Waals surface area contributed by atoms with E-state index in [0.717, 1.165) is 23.1 Å². The Balaban J connectivity index is 1.72. The minimum atomic E-state index is -4.44. The molecule has 3 rings (SSSR count). The number of ether oxygens (including phenoxy) is 1. The third-order valence-electron chi connectivity index (χ3n) is 5.74. The molecule has 8 nitrogen and oxygen atoms in total. The lowest BCUT2D eigenvalue weighted by molar-refractivity contribution is -0.143. The number of anilines is 1. The summed E-state index contributed by atoms with van der Waals surface area (Å²) in [6.07, 6.45) is -3.35. The van der Waals surface area contributed by atoms with Gasteiger partial charge in [-0.2, -0.15) is 18.3 Å². The SMILES string of the molecule is CCCC(Oc1cc(C)c(N2CC(C(F)(F)F)N=N2)c(C)c1)c1ccc(C(=O)NCCC(=O)O)cc1. The van der Waals surface area contributed by atoms with Gasteiger partial charge in [0.25, 0.3) is 5.91 Å². The van der Waals surface area contributed by atoms with Crippen molar-refractivity contribution >= 4 is 17.6 Å². The van der Waals surface area contributed by atoms with Crippen molar-refractivity contribution in [2.75, 3.05) is 18.1 Å². The minimum absolute atomic E-state index is 0.0435. The topological polar surface area (TPSA) is 104 Å². The molecule has 0 saturated heterocycles. The van der Waals surface area contributed by atoms with Crippen molar-refractivity contribution < 1.29 is 32.6 Å². The Hall–Kier alpha value is -3.63. The van der Waals surface area contributed by atoms with Crippen LogP contribution in [0.2, 0.25) is 0 Å². The van der Waals surface area contributed by atoms with Gasteiger partial charge in [0.2, 0.25) is 0 Å². The van der Waals surface area contributed by atoms with Crippen LogP contribution in [0.3, 0.4) is 0 Å². The normalized spacial score (nSPS) is 16.2. The smallest absolute Gasteiger partial charge is 0.414 e. The molecule has 0 saturated carbocycles. The lowest BCUT2D eigenvalue weighted by atomic mass is 10.0. The van der Waals surface area contributed by atoms with Crippen molar-refractivity contribution in [2.24, 2.45) is 10.3 Å². The zero-order valence-electron chi connectivity index (χ0n) is 20.3. The van der Waals surface area contributed by atoms with Gasteiger partial charge in [-0.1, -0.05) is 30.7 Å². The van der Waals surface area contributed by atoms with Crippen LogP contribution in [0.5, 0.6) is 5.75 Å². The van der Waals surface area contributed by atoms with Crippen LogP contribution in [-0.4, -0.2) is 42.3 Å². The Kier molecular flexibility index (Phi) is 8.54. The molecule has 0 aromatic heterocycles. The second-order valence-electron chi connectivity index (χ2n) is 8.67. The summed E-state index contributed by atoms with van der Waals surface area (Å²) in [6, 6.07) is 8.60. The minimum Gasteiger partial charge on any atom is -0.486 e. The van der Waals surface area contributed by atoms with Crippen molar-refractivity contribution in [3.8, 4) is 5.75 Å². The fourth-order valence-corrected chi connectivity index (χ4v) is 4.01. The van der Waals surface area contributed by atoms with Crippen molar-refractivity contribution in [2.45, 2.75) is 58.4 Å². The molecule has 1 heterocycles. The standard InChI is InChI=1S/C25H29F3N4O4/c1-4-5-20(17-6-8-18(9-7-17)24(35)29-11-10-22(33)34)36-19-12-15(2)23(16(3)13-19)32-14-21(30-31-32)25(26,27)28/h6-9,12-13,20-21H,4-5,10-11,14H2,1-3H3,(H,29,35)(H,33,34). The maximum atomic E-state index is 13.0. The van der Waals surface area contributed by atoms with Crippen LogP contribution >= 0.6 is 0 Å². The average Bonchev–Trinajstić information content (AvgIpc) is 3.28. The van der Waals surface area contributed by atoms with Crippen LogP contribution in [0.1, 0.15) is 59.3 Å². The molecule has 1 amide bonds. The number of carbonyl (C=O) groups excluding carboxylic acids is 1. The number of aliphatic carboxylic acids is 1. The molecule has 194 valence electrons. The highest BCUT2D eigenvalue weighted by Crippen LogP contribution is 2.36. The van der Waals surface area contributed by atoms with Crippen LogP contribution in [0.4, 0.5) is 18.9 Å². The summed E-state index contributed by atoms with van der Waals surface area (Å²) < 4.78 is 45.3. The predicted molar refractivity (Wildman–Crippen MR) is 127 cm³/mol. The van der Waals surface area contributed by atoms with Gasteiger partial charge >= 0.3 is 12.1 Å². The van der Waals surface area contributed by atoms with E-state index in [2.05, 4.69) is 15.7 Å². The molecule has 2 unspecified atom stereocenters. The first-order valence-electron chi connectivity index (χ1n) is 11.6. The van der Waals surface area contributed by atoms with Gasteiger partial charge in [0.05, 0.1) is 18.7 Å². The maximum absolute atomic E-state index is 13.0. The number of halogens is 3. The molecule has 1 aliphatic heterocycles. The highest BCUT2D eigenvalue weighted by atomic mass is 19.4. The van der Waals surface area contributed by atoms with E-state index in [1.165, 1.54) is 5.01 Å². The van der Waals surface area contributed by atoms with Gasteiger partial charge in [0, 0.05) is 12.1 Å². The average molecular weight is 507 g/mol. The van der Waals surface area contributed by atoms with E-state index in [4.69, 9.17) is 9.84 Å². The third kappa shape index (κ3) is 6.73. The van der Waals surface area contributed by atoms with E-state index in [0.29, 0.717) is 23.4 Å². The number of nitrogens with zero attached hydrogens (tertiary/aromatic N) is 3. The van der Waals surface area contributed by atoms with Crippen molar-refractivity contribution in [1.82, 2.24) is 5.32 Å². The van der Waals surface area contributed by atoms with Gasteiger partial charge in [-0.3, -0.25) is 9.59 Å². The number of nitrogens with one attached hydrogen (secondary N) is 1. The molecule has 0 fully saturated rings. The molecule has 0 spiro atoms. The third-order valence-corrected chi connectivity index (χ3v) is 5.74. The van der Waals surface area contributed by atoms with Gasteiger partial charge in [-0.15, -0.1) is 0 Å². The fourth-order valence-electron chi connectivity index (χ4n) is 4.01. The summed E-state index contributed by atoms with van der Waals surface area (Å²) in [7, 11) is 0. The first kappa shape index (κ1) is 27.0. The van der Waals surface area contributed by atoms with E-state index in [1.807, 2.05) is 6.92 Å². The maximum Gasteiger partial charge on any atom is 0.414 e. The summed E-state index contributed by atoms with van der Waals surface area (Å²) in [5, 5.41) is 19.6. The molecule has 0 bridgehead atoms. The Morgan fingerprint density at radius 1 is 1.19 bits per heavy atom. The van der Waals surface area contributed by atoms with Gasteiger partial charge in [-0.25, -0.2) is 5.01 Å². The lowest BCUT2D eigenvalue weighted by Gasteiger charge is -2.23. The van der Waals surface area contributed by atoms with E-state index in [9.17, 15) is 22.8 Å². The number of rotatable bonds is 10. The Morgan fingerprint density at radius 2 is 1.83 bits per heavy atom. The monoisotopic (exact) mass is 506 g/mol. The summed E-state index contributed by atoms with van der Waals surface area (Å²) in [5.41, 5.74) is 3.28. The summed E-state index contributed by atoms with van der Waals surface area (Å²) in [4.78, 5) is 22.8. The largest absolute Gasteiger partial charge is 0.486 e. The molecule has 36 heavy (non-hydrogen) atoms. The molecule has 2 atom stereocenters. The van der Waals surface area contributed by atoms with Crippen LogP contribution in [-0.2, 0) is 4.79 Å². The van der Waals surface area contributed by atoms with Crippen LogP contribution < -0.4 is 15.1 Å². The van der Waals surface area contributed by atoms with Crippen molar-refractivity contribution in [1.29, 1.82) is 0 Å². The van der Waals surface area contributed by atoms with E-state index >= 15 is 0 Å². The van der Waals surface area contributed by atoms with E-state index < -0.39 is 18.2 Å². The number of benzene rings is 2. The first-order valence-corrected chi connectivity index (χ1v) is 11.6. The van der Waals surface area contributed by atoms with Gasteiger partial charge < -0.3 is 15.2 Å². The van der Waals surface area contributed by atoms with Gasteiger partial charge in [0.15, 0.2) is 6.04 Å². The predicted octanol–water partition coefficient (Wildman–Crippen LogP) is 5.55. The Labute approximate surface area is 207 Å².